The SMILES string of the molecule is COC(=O)c1ccc(Cl)c(N(CC(=O)Nc2cc(C)cc(C)c2)C(C)=O)c1. The molecule has 0 unspecified atom stereocenters. The van der Waals surface area contributed by atoms with Crippen molar-refractivity contribution in [3.63, 3.8) is 0 Å². The van der Waals surface area contributed by atoms with Crippen LogP contribution in [0.5, 0.6) is 0 Å². The van der Waals surface area contributed by atoms with Gasteiger partial charge in [0.15, 0.2) is 0 Å². The van der Waals surface area contributed by atoms with Crippen molar-refractivity contribution >= 4 is 40.8 Å². The van der Waals surface area contributed by atoms with Crippen molar-refractivity contribution in [2.24, 2.45) is 0 Å². The van der Waals surface area contributed by atoms with Gasteiger partial charge in [-0.3, -0.25) is 9.59 Å². The molecule has 0 aromatic heterocycles. The monoisotopic (exact) mass is 388 g/mol. The van der Waals surface area contributed by atoms with E-state index < -0.39 is 5.97 Å². The Balaban J connectivity index is 2.26. The second-order valence-electron chi connectivity index (χ2n) is 6.19. The smallest absolute Gasteiger partial charge is 0.337 e. The Bertz CT molecular complexity index is 875. The predicted octanol–water partition coefficient (Wildman–Crippen LogP) is 3.74. The molecule has 0 saturated carbocycles. The van der Waals surface area contributed by atoms with Crippen molar-refractivity contribution in [2.75, 3.05) is 23.9 Å². The summed E-state index contributed by atoms with van der Waals surface area (Å²) in [5, 5.41) is 3.03. The van der Waals surface area contributed by atoms with E-state index >= 15 is 0 Å². The van der Waals surface area contributed by atoms with E-state index in [4.69, 9.17) is 11.6 Å². The van der Waals surface area contributed by atoms with Crippen LogP contribution in [0, 0.1) is 13.8 Å². The summed E-state index contributed by atoms with van der Waals surface area (Å²) in [5.41, 5.74) is 3.18. The zero-order valence-corrected chi connectivity index (χ0v) is 16.4. The summed E-state index contributed by atoms with van der Waals surface area (Å²) in [4.78, 5) is 37.5. The van der Waals surface area contributed by atoms with Gasteiger partial charge in [0.25, 0.3) is 0 Å². The van der Waals surface area contributed by atoms with Gasteiger partial charge < -0.3 is 15.0 Å². The molecule has 0 heterocycles. The van der Waals surface area contributed by atoms with Crippen LogP contribution in [0.25, 0.3) is 0 Å². The van der Waals surface area contributed by atoms with E-state index in [0.717, 1.165) is 11.1 Å². The Labute approximate surface area is 163 Å². The molecule has 142 valence electrons. The molecule has 6 nitrogen and oxygen atoms in total. The third-order valence-electron chi connectivity index (χ3n) is 3.85. The van der Waals surface area contributed by atoms with E-state index in [0.29, 0.717) is 5.69 Å². The van der Waals surface area contributed by atoms with Crippen molar-refractivity contribution in [1.29, 1.82) is 0 Å². The van der Waals surface area contributed by atoms with E-state index in [1.165, 1.54) is 37.1 Å². The van der Waals surface area contributed by atoms with Crippen LogP contribution >= 0.6 is 11.6 Å². The number of ether oxygens (including phenoxy) is 1. The minimum atomic E-state index is -0.559. The first-order valence-electron chi connectivity index (χ1n) is 8.25. The van der Waals surface area contributed by atoms with E-state index in [1.54, 1.807) is 0 Å². The highest BCUT2D eigenvalue weighted by molar-refractivity contribution is 6.34. The zero-order chi connectivity index (χ0) is 20.1. The number of rotatable bonds is 5. The van der Waals surface area contributed by atoms with Crippen LogP contribution in [0.3, 0.4) is 0 Å². The largest absolute Gasteiger partial charge is 0.465 e. The maximum atomic E-state index is 12.5. The minimum Gasteiger partial charge on any atom is -0.465 e. The lowest BCUT2D eigenvalue weighted by Crippen LogP contribution is -2.37. The van der Waals surface area contributed by atoms with Gasteiger partial charge in [0.1, 0.15) is 6.54 Å². The molecule has 0 fully saturated rings. The average molecular weight is 389 g/mol. The standard InChI is InChI=1S/C20H21ClN2O4/c1-12-7-13(2)9-16(8-12)22-19(25)11-23(14(3)24)18-10-15(20(26)27-4)5-6-17(18)21/h5-10H,11H2,1-4H3,(H,22,25). The Hall–Kier alpha value is -2.86. The van der Waals surface area contributed by atoms with Gasteiger partial charge in [-0.1, -0.05) is 17.7 Å². The first-order valence-corrected chi connectivity index (χ1v) is 8.63. The molecule has 2 amide bonds. The Morgan fingerprint density at radius 3 is 2.26 bits per heavy atom. The van der Waals surface area contributed by atoms with Gasteiger partial charge in [-0.05, 0) is 55.3 Å². The summed E-state index contributed by atoms with van der Waals surface area (Å²) < 4.78 is 4.69. The number of carbonyl (C=O) groups is 3. The fraction of sp³-hybridized carbons (Fsp3) is 0.250. The van der Waals surface area contributed by atoms with Crippen LogP contribution < -0.4 is 10.2 Å². The second-order valence-corrected chi connectivity index (χ2v) is 6.59. The lowest BCUT2D eigenvalue weighted by atomic mass is 10.1. The Morgan fingerprint density at radius 1 is 1.07 bits per heavy atom. The number of nitrogens with zero attached hydrogens (tertiary/aromatic N) is 1. The molecule has 2 rings (SSSR count). The molecule has 0 aliphatic heterocycles. The van der Waals surface area contributed by atoms with Crippen LogP contribution in [0.2, 0.25) is 5.02 Å². The molecule has 0 aliphatic carbocycles. The third kappa shape index (κ3) is 5.31. The van der Waals surface area contributed by atoms with Gasteiger partial charge in [-0.2, -0.15) is 0 Å². The summed E-state index contributed by atoms with van der Waals surface area (Å²) in [6.07, 6.45) is 0. The predicted molar refractivity (Wildman–Crippen MR) is 105 cm³/mol. The van der Waals surface area contributed by atoms with Crippen LogP contribution in [0.1, 0.15) is 28.4 Å². The quantitative estimate of drug-likeness (QED) is 0.792. The van der Waals surface area contributed by atoms with E-state index in [9.17, 15) is 14.4 Å². The molecule has 0 bridgehead atoms. The Kier molecular flexibility index (Phi) is 6.58. The van der Waals surface area contributed by atoms with Crippen LogP contribution in [0.15, 0.2) is 36.4 Å². The lowest BCUT2D eigenvalue weighted by molar-refractivity contribution is -0.120. The van der Waals surface area contributed by atoms with E-state index in [2.05, 4.69) is 10.1 Å². The van der Waals surface area contributed by atoms with Crippen LogP contribution in [-0.2, 0) is 14.3 Å². The zero-order valence-electron chi connectivity index (χ0n) is 15.6. The maximum absolute atomic E-state index is 12.5. The molecule has 1 N–H and O–H groups in total. The lowest BCUT2D eigenvalue weighted by Gasteiger charge is -2.22. The van der Waals surface area contributed by atoms with Crippen LogP contribution in [-0.4, -0.2) is 31.4 Å². The number of hydrogen-bond acceptors (Lipinski definition) is 4. The molecule has 0 radical (unpaired) electrons. The number of esters is 1. The van der Waals surface area contributed by atoms with Gasteiger partial charge in [0.05, 0.1) is 23.4 Å². The highest BCUT2D eigenvalue weighted by Gasteiger charge is 2.20. The van der Waals surface area contributed by atoms with Gasteiger partial charge in [-0.15, -0.1) is 0 Å². The van der Waals surface area contributed by atoms with Gasteiger partial charge in [0, 0.05) is 12.6 Å². The summed E-state index contributed by atoms with van der Waals surface area (Å²) in [7, 11) is 1.26. The number of benzene rings is 2. The normalized spacial score (nSPS) is 10.3. The van der Waals surface area contributed by atoms with Crippen molar-refractivity contribution in [1.82, 2.24) is 0 Å². The highest BCUT2D eigenvalue weighted by Crippen LogP contribution is 2.28. The number of methoxy groups -OCH3 is 1. The number of halogens is 1. The summed E-state index contributed by atoms with van der Waals surface area (Å²) in [5.74, 6) is -1.32. The highest BCUT2D eigenvalue weighted by atomic mass is 35.5. The fourth-order valence-corrected chi connectivity index (χ4v) is 2.94. The van der Waals surface area contributed by atoms with Gasteiger partial charge in [0.2, 0.25) is 11.8 Å². The van der Waals surface area contributed by atoms with Crippen molar-refractivity contribution in [3.05, 3.63) is 58.1 Å². The first-order chi connectivity index (χ1) is 12.7. The number of anilines is 2. The molecule has 2 aromatic carbocycles. The number of aryl methyl sites for hydroxylation is 2. The third-order valence-corrected chi connectivity index (χ3v) is 4.16. The summed E-state index contributed by atoms with van der Waals surface area (Å²) in [6, 6.07) is 10.1. The molecule has 0 saturated heterocycles. The van der Waals surface area contributed by atoms with Gasteiger partial charge >= 0.3 is 5.97 Å². The minimum absolute atomic E-state index is 0.234. The van der Waals surface area contributed by atoms with Crippen molar-refractivity contribution < 1.29 is 19.1 Å². The first kappa shape index (κ1) is 20.5. The topological polar surface area (TPSA) is 75.7 Å². The number of nitrogens with one attached hydrogen (secondary N) is 1. The molecule has 0 aliphatic rings. The Morgan fingerprint density at radius 2 is 1.70 bits per heavy atom. The van der Waals surface area contributed by atoms with Crippen LogP contribution in [0.4, 0.5) is 11.4 Å². The number of hydrogen-bond donors (Lipinski definition) is 1. The van der Waals surface area contributed by atoms with Crippen molar-refractivity contribution in [3.8, 4) is 0 Å². The molecule has 0 atom stereocenters. The summed E-state index contributed by atoms with van der Waals surface area (Å²) >= 11 is 6.19. The molecule has 7 heteroatoms. The average Bonchev–Trinajstić information content (AvgIpc) is 2.58. The molecular formula is C20H21ClN2O4. The molecular weight excluding hydrogens is 368 g/mol. The number of carbonyl (C=O) groups excluding carboxylic acids is 3. The molecule has 2 aromatic rings. The molecule has 27 heavy (non-hydrogen) atoms. The second kappa shape index (κ2) is 8.68. The fourth-order valence-electron chi connectivity index (χ4n) is 2.72. The van der Waals surface area contributed by atoms with E-state index in [-0.39, 0.29) is 34.6 Å². The van der Waals surface area contributed by atoms with E-state index in [1.807, 2.05) is 32.0 Å². The number of amides is 2. The molecule has 0 spiro atoms. The maximum Gasteiger partial charge on any atom is 0.337 e. The van der Waals surface area contributed by atoms with Crippen molar-refractivity contribution in [2.45, 2.75) is 20.8 Å². The van der Waals surface area contributed by atoms with Gasteiger partial charge in [-0.25, -0.2) is 4.79 Å². The summed E-state index contributed by atoms with van der Waals surface area (Å²) in [6.45, 7) is 4.95.